The molecular formula is C11H15N3. The Kier molecular flexibility index (Phi) is 3.73. The van der Waals surface area contributed by atoms with Crippen LogP contribution in [0.3, 0.4) is 0 Å². The van der Waals surface area contributed by atoms with Gasteiger partial charge in [0, 0.05) is 18.6 Å². The van der Waals surface area contributed by atoms with Crippen LogP contribution in [0.25, 0.3) is 0 Å². The number of allylic oxidation sites excluding steroid dienone is 2. The Morgan fingerprint density at radius 3 is 2.36 bits per heavy atom. The summed E-state index contributed by atoms with van der Waals surface area (Å²) in [6.45, 7) is 3.94. The lowest BCUT2D eigenvalue weighted by Crippen LogP contribution is -2.07. The van der Waals surface area contributed by atoms with Crippen molar-refractivity contribution in [2.24, 2.45) is 0 Å². The molecule has 0 amide bonds. The molecule has 74 valence electrons. The number of hydrogen-bond donors (Lipinski definition) is 1. The van der Waals surface area contributed by atoms with Gasteiger partial charge in [-0.2, -0.15) is 0 Å². The van der Waals surface area contributed by atoms with E-state index in [0.717, 1.165) is 5.69 Å². The smallest absolute Gasteiger partial charge is 0.0653 e. The van der Waals surface area contributed by atoms with Crippen LogP contribution in [0.4, 0.5) is 11.4 Å². The van der Waals surface area contributed by atoms with Gasteiger partial charge >= 0.3 is 0 Å². The fraction of sp³-hybridized carbons (Fsp3) is 0.182. The molecule has 1 aromatic heterocycles. The minimum absolute atomic E-state index is 0.668. The first-order valence-corrected chi connectivity index (χ1v) is 4.52. The van der Waals surface area contributed by atoms with E-state index >= 15 is 0 Å². The van der Waals surface area contributed by atoms with E-state index in [-0.39, 0.29) is 0 Å². The Bertz CT molecular complexity index is 330. The molecule has 14 heavy (non-hydrogen) atoms. The zero-order valence-corrected chi connectivity index (χ0v) is 8.51. The summed E-state index contributed by atoms with van der Waals surface area (Å²) < 4.78 is 0. The molecule has 0 unspecified atom stereocenters. The number of nitrogen functional groups attached to an aromatic ring is 1. The lowest BCUT2D eigenvalue weighted by Gasteiger charge is -2.14. The predicted molar refractivity (Wildman–Crippen MR) is 60.8 cm³/mol. The van der Waals surface area contributed by atoms with Crippen molar-refractivity contribution >= 4 is 11.4 Å². The summed E-state index contributed by atoms with van der Waals surface area (Å²) in [6, 6.07) is 1.88. The molecule has 0 saturated heterocycles. The molecule has 1 aromatic rings. The number of nitrogens with zero attached hydrogens (tertiary/aromatic N) is 2. The molecule has 2 N–H and O–H groups in total. The molecule has 3 heteroatoms. The maximum Gasteiger partial charge on any atom is 0.0653 e. The van der Waals surface area contributed by atoms with Gasteiger partial charge in [-0.05, 0) is 19.9 Å². The van der Waals surface area contributed by atoms with Crippen LogP contribution in [0, 0.1) is 0 Å². The van der Waals surface area contributed by atoms with Gasteiger partial charge in [0.1, 0.15) is 0 Å². The van der Waals surface area contributed by atoms with Crippen molar-refractivity contribution in [3.63, 3.8) is 0 Å². The Morgan fingerprint density at radius 1 is 1.21 bits per heavy atom. The average molecular weight is 189 g/mol. The molecule has 0 atom stereocenters. The summed E-state index contributed by atoms with van der Waals surface area (Å²) in [7, 11) is 0. The topological polar surface area (TPSA) is 42.2 Å². The first-order chi connectivity index (χ1) is 6.77. The normalized spacial score (nSPS) is 11.3. The van der Waals surface area contributed by atoms with E-state index in [4.69, 9.17) is 5.73 Å². The van der Waals surface area contributed by atoms with Crippen molar-refractivity contribution in [1.29, 1.82) is 0 Å². The predicted octanol–water partition coefficient (Wildman–Crippen LogP) is 2.54. The second kappa shape index (κ2) is 5.07. The molecule has 1 heterocycles. The largest absolute Gasteiger partial charge is 0.397 e. The van der Waals surface area contributed by atoms with Gasteiger partial charge in [-0.15, -0.1) is 0 Å². The Labute approximate surface area is 84.6 Å². The second-order valence-electron chi connectivity index (χ2n) is 2.85. The highest BCUT2D eigenvalue weighted by molar-refractivity contribution is 5.56. The van der Waals surface area contributed by atoms with Gasteiger partial charge in [-0.1, -0.05) is 12.2 Å². The van der Waals surface area contributed by atoms with Crippen molar-refractivity contribution in [1.82, 2.24) is 4.98 Å². The quantitative estimate of drug-likeness (QED) is 0.794. The van der Waals surface area contributed by atoms with Gasteiger partial charge in [0.15, 0.2) is 0 Å². The highest BCUT2D eigenvalue weighted by atomic mass is 15.1. The zero-order valence-electron chi connectivity index (χ0n) is 8.51. The number of anilines is 2. The number of hydrogen-bond acceptors (Lipinski definition) is 3. The average Bonchev–Trinajstić information content (AvgIpc) is 2.17. The highest BCUT2D eigenvalue weighted by Gasteiger charge is 1.98. The molecule has 0 aliphatic carbocycles. The molecule has 0 radical (unpaired) electrons. The van der Waals surface area contributed by atoms with Gasteiger partial charge < -0.3 is 10.6 Å². The van der Waals surface area contributed by atoms with Crippen LogP contribution in [0.15, 0.2) is 43.0 Å². The van der Waals surface area contributed by atoms with E-state index in [1.165, 1.54) is 0 Å². The van der Waals surface area contributed by atoms with Crippen LogP contribution in [0.1, 0.15) is 13.8 Å². The number of pyridine rings is 1. The van der Waals surface area contributed by atoms with Crippen molar-refractivity contribution in [2.75, 3.05) is 10.6 Å². The summed E-state index contributed by atoms with van der Waals surface area (Å²) >= 11 is 0. The molecule has 0 bridgehead atoms. The first kappa shape index (κ1) is 10.3. The van der Waals surface area contributed by atoms with Crippen LogP contribution in [-0.4, -0.2) is 4.98 Å². The molecule has 0 saturated carbocycles. The Hall–Kier alpha value is -1.77. The zero-order chi connectivity index (χ0) is 10.4. The summed E-state index contributed by atoms with van der Waals surface area (Å²) in [5.41, 5.74) is 7.28. The monoisotopic (exact) mass is 189 g/mol. The van der Waals surface area contributed by atoms with Crippen LogP contribution >= 0.6 is 0 Å². The van der Waals surface area contributed by atoms with Gasteiger partial charge in [0.25, 0.3) is 0 Å². The Morgan fingerprint density at radius 2 is 1.86 bits per heavy atom. The van der Waals surface area contributed by atoms with E-state index in [2.05, 4.69) is 4.98 Å². The third kappa shape index (κ3) is 2.62. The van der Waals surface area contributed by atoms with E-state index in [9.17, 15) is 0 Å². The van der Waals surface area contributed by atoms with E-state index in [1.54, 1.807) is 12.4 Å². The minimum Gasteiger partial charge on any atom is -0.397 e. The Balaban J connectivity index is 2.98. The van der Waals surface area contributed by atoms with Gasteiger partial charge in [-0.3, -0.25) is 4.98 Å². The summed E-state index contributed by atoms with van der Waals surface area (Å²) in [5.74, 6) is 0. The van der Waals surface area contributed by atoms with Crippen molar-refractivity contribution in [3.05, 3.63) is 43.0 Å². The lowest BCUT2D eigenvalue weighted by atomic mass is 10.3. The van der Waals surface area contributed by atoms with Gasteiger partial charge in [0.2, 0.25) is 0 Å². The third-order valence-corrected chi connectivity index (χ3v) is 1.66. The van der Waals surface area contributed by atoms with Gasteiger partial charge in [-0.25, -0.2) is 0 Å². The molecular weight excluding hydrogens is 174 g/mol. The van der Waals surface area contributed by atoms with E-state index in [1.807, 2.05) is 49.4 Å². The van der Waals surface area contributed by atoms with Gasteiger partial charge in [0.05, 0.1) is 17.6 Å². The van der Waals surface area contributed by atoms with Crippen molar-refractivity contribution in [3.8, 4) is 0 Å². The van der Waals surface area contributed by atoms with E-state index < -0.39 is 0 Å². The van der Waals surface area contributed by atoms with Crippen molar-refractivity contribution in [2.45, 2.75) is 13.8 Å². The standard InChI is InChI=1S/C11H15N3/c1-3-5-14(6-4-2)11-7-10(12)8-13-9-11/h3-9H,12H2,1-2H3. The number of rotatable bonds is 3. The van der Waals surface area contributed by atoms with Crippen LogP contribution in [-0.2, 0) is 0 Å². The lowest BCUT2D eigenvalue weighted by molar-refractivity contribution is 1.22. The third-order valence-electron chi connectivity index (χ3n) is 1.66. The molecule has 3 nitrogen and oxygen atoms in total. The van der Waals surface area contributed by atoms with Crippen LogP contribution < -0.4 is 10.6 Å². The molecule has 0 spiro atoms. The molecule has 0 aliphatic heterocycles. The summed E-state index contributed by atoms with van der Waals surface area (Å²) in [5, 5.41) is 0. The number of nitrogens with two attached hydrogens (primary N) is 1. The fourth-order valence-corrected chi connectivity index (χ4v) is 1.13. The maximum atomic E-state index is 5.65. The van der Waals surface area contributed by atoms with E-state index in [0.29, 0.717) is 5.69 Å². The summed E-state index contributed by atoms with van der Waals surface area (Å²) in [4.78, 5) is 6.00. The maximum absolute atomic E-state index is 5.65. The highest BCUT2D eigenvalue weighted by Crippen LogP contribution is 2.16. The minimum atomic E-state index is 0.668. The molecule has 0 aromatic carbocycles. The molecule has 0 aliphatic rings. The summed E-state index contributed by atoms with van der Waals surface area (Å²) in [6.07, 6.45) is 11.2. The SMILES string of the molecule is CC=CN(C=CC)c1cncc(N)c1. The second-order valence-corrected chi connectivity index (χ2v) is 2.85. The molecule has 1 rings (SSSR count). The molecule has 0 fully saturated rings. The van der Waals surface area contributed by atoms with Crippen molar-refractivity contribution < 1.29 is 0 Å². The fourth-order valence-electron chi connectivity index (χ4n) is 1.13. The number of aromatic nitrogens is 1. The van der Waals surface area contributed by atoms with Crippen LogP contribution in [0.5, 0.6) is 0 Å². The van der Waals surface area contributed by atoms with Crippen LogP contribution in [0.2, 0.25) is 0 Å². The first-order valence-electron chi connectivity index (χ1n) is 4.52.